The summed E-state index contributed by atoms with van der Waals surface area (Å²) >= 11 is 0. The van der Waals surface area contributed by atoms with E-state index in [0.29, 0.717) is 0 Å². The van der Waals surface area contributed by atoms with Gasteiger partial charge in [0.1, 0.15) is 0 Å². The Morgan fingerprint density at radius 1 is 0.750 bits per heavy atom. The molecule has 0 heterocycles. The van der Waals surface area contributed by atoms with Crippen LogP contribution in [-0.4, -0.2) is 0 Å². The molecule has 0 N–H and O–H groups in total. The Labute approximate surface area is 178 Å². The van der Waals surface area contributed by atoms with E-state index in [1.807, 2.05) is 0 Å². The van der Waals surface area contributed by atoms with Gasteiger partial charge in [-0.3, -0.25) is 0 Å². The summed E-state index contributed by atoms with van der Waals surface area (Å²) in [5, 5.41) is 0. The molecule has 0 aromatic rings. The van der Waals surface area contributed by atoms with Crippen molar-refractivity contribution < 1.29 is 0 Å². The summed E-state index contributed by atoms with van der Waals surface area (Å²) < 4.78 is 0. The topological polar surface area (TPSA) is 0 Å². The van der Waals surface area contributed by atoms with Gasteiger partial charge in [-0.2, -0.15) is 0 Å². The van der Waals surface area contributed by atoms with Crippen molar-refractivity contribution in [1.29, 1.82) is 0 Å². The highest BCUT2D eigenvalue weighted by molar-refractivity contribution is 5.00. The predicted molar refractivity (Wildman–Crippen MR) is 124 cm³/mol. The van der Waals surface area contributed by atoms with Gasteiger partial charge in [0.05, 0.1) is 0 Å². The molecule has 0 saturated heterocycles. The number of hydrogen-bond acceptors (Lipinski definition) is 0. The lowest BCUT2D eigenvalue weighted by atomic mass is 9.48. The minimum absolute atomic E-state index is 0.980. The molecule has 0 aromatic heterocycles. The zero-order valence-corrected chi connectivity index (χ0v) is 20.1. The minimum atomic E-state index is 0.980. The van der Waals surface area contributed by atoms with Gasteiger partial charge in [0, 0.05) is 0 Å². The van der Waals surface area contributed by atoms with Crippen molar-refractivity contribution in [2.24, 2.45) is 53.3 Å². The normalized spacial score (nSPS) is 41.9. The van der Waals surface area contributed by atoms with Gasteiger partial charge in [-0.25, -0.2) is 0 Å². The van der Waals surface area contributed by atoms with E-state index in [1.165, 1.54) is 51.4 Å². The van der Waals surface area contributed by atoms with Crippen LogP contribution in [0.1, 0.15) is 125 Å². The van der Waals surface area contributed by atoms with E-state index >= 15 is 0 Å². The van der Waals surface area contributed by atoms with Crippen LogP contribution in [0.2, 0.25) is 0 Å². The Balaban J connectivity index is 1.72. The van der Waals surface area contributed by atoms with Crippen LogP contribution < -0.4 is 0 Å². The molecule has 3 saturated carbocycles. The second-order valence-electron chi connectivity index (χ2n) is 11.5. The number of unbranched alkanes of at least 4 members (excludes halogenated alkanes) is 3. The summed E-state index contributed by atoms with van der Waals surface area (Å²) in [7, 11) is 0. The molecule has 3 rings (SSSR count). The van der Waals surface area contributed by atoms with E-state index in [4.69, 9.17) is 0 Å². The van der Waals surface area contributed by atoms with Crippen molar-refractivity contribution in [3.05, 3.63) is 0 Å². The molecule has 28 heavy (non-hydrogen) atoms. The molecule has 3 fully saturated rings. The Morgan fingerprint density at radius 3 is 2.25 bits per heavy atom. The van der Waals surface area contributed by atoms with Crippen LogP contribution in [0.5, 0.6) is 0 Å². The van der Waals surface area contributed by atoms with Crippen molar-refractivity contribution in [2.45, 2.75) is 125 Å². The van der Waals surface area contributed by atoms with E-state index in [1.54, 1.807) is 38.5 Å². The van der Waals surface area contributed by atoms with Crippen molar-refractivity contribution in [3.63, 3.8) is 0 Å². The molecule has 0 nitrogen and oxygen atoms in total. The second kappa shape index (κ2) is 10.9. The first-order chi connectivity index (χ1) is 13.6. The Bertz CT molecular complexity index is 439. The van der Waals surface area contributed by atoms with E-state index in [9.17, 15) is 0 Å². The zero-order chi connectivity index (χ0) is 20.1. The fraction of sp³-hybridized carbons (Fsp3) is 1.00. The molecule has 0 heteroatoms. The van der Waals surface area contributed by atoms with Crippen LogP contribution in [0.15, 0.2) is 0 Å². The van der Waals surface area contributed by atoms with Crippen LogP contribution in [0, 0.1) is 53.3 Å². The molecule has 9 atom stereocenters. The lowest BCUT2D eigenvalue weighted by Gasteiger charge is -2.57. The van der Waals surface area contributed by atoms with Crippen LogP contribution in [0.3, 0.4) is 0 Å². The lowest BCUT2D eigenvalue weighted by molar-refractivity contribution is -0.0773. The molecule has 0 spiro atoms. The van der Waals surface area contributed by atoms with Crippen molar-refractivity contribution >= 4 is 0 Å². The molecule has 0 aromatic carbocycles. The van der Waals surface area contributed by atoms with Gasteiger partial charge in [0.15, 0.2) is 0 Å². The summed E-state index contributed by atoms with van der Waals surface area (Å²) in [5.74, 6) is 9.45. The van der Waals surface area contributed by atoms with Gasteiger partial charge in [0.25, 0.3) is 0 Å². The summed E-state index contributed by atoms with van der Waals surface area (Å²) in [6, 6.07) is 0. The molecule has 0 radical (unpaired) electrons. The maximum atomic E-state index is 2.64. The lowest BCUT2D eigenvalue weighted by Crippen LogP contribution is -2.49. The quantitative estimate of drug-likeness (QED) is 0.345. The standard InChI is InChI=1S/C28H52/c1-6-9-10-11-14-20(4)24-15-12-16-25-27(24)19-23(13-7-2)26-17-21(5)22(8-3)18-28(25)26/h20-28H,6-19H2,1-5H3. The maximum absolute atomic E-state index is 2.64. The Morgan fingerprint density at radius 2 is 1.54 bits per heavy atom. The average Bonchev–Trinajstić information content (AvgIpc) is 2.70. The molecular formula is C28H52. The Kier molecular flexibility index (Phi) is 8.79. The SMILES string of the molecule is CCCCCCC(C)C1CCCC2C1CC(CCC)C1CC(C)C(CC)CC12. The highest BCUT2D eigenvalue weighted by Gasteiger charge is 2.51. The molecule has 0 amide bonds. The first kappa shape index (κ1) is 22.7. The molecule has 9 unspecified atom stereocenters. The highest BCUT2D eigenvalue weighted by Crippen LogP contribution is 2.59. The third kappa shape index (κ3) is 5.00. The van der Waals surface area contributed by atoms with Crippen LogP contribution in [0.4, 0.5) is 0 Å². The molecule has 0 bridgehead atoms. The van der Waals surface area contributed by atoms with Crippen molar-refractivity contribution in [1.82, 2.24) is 0 Å². The van der Waals surface area contributed by atoms with Gasteiger partial charge >= 0.3 is 0 Å². The smallest absolute Gasteiger partial charge is 0.0349 e. The van der Waals surface area contributed by atoms with Gasteiger partial charge in [0.2, 0.25) is 0 Å². The maximum Gasteiger partial charge on any atom is -0.0349 e. The summed E-state index contributed by atoms with van der Waals surface area (Å²) in [6.07, 6.45) is 21.1. The monoisotopic (exact) mass is 388 g/mol. The summed E-state index contributed by atoms with van der Waals surface area (Å²) in [5.41, 5.74) is 0. The van der Waals surface area contributed by atoms with Crippen LogP contribution in [-0.2, 0) is 0 Å². The Hall–Kier alpha value is 0. The minimum Gasteiger partial charge on any atom is -0.0654 e. The highest BCUT2D eigenvalue weighted by atomic mass is 14.6. The van der Waals surface area contributed by atoms with E-state index < -0.39 is 0 Å². The average molecular weight is 389 g/mol. The predicted octanol–water partition coefficient (Wildman–Crippen LogP) is 9.13. The molecule has 164 valence electrons. The van der Waals surface area contributed by atoms with Crippen LogP contribution in [0.25, 0.3) is 0 Å². The molecule has 3 aliphatic carbocycles. The zero-order valence-electron chi connectivity index (χ0n) is 20.1. The number of fused-ring (bicyclic) bond motifs is 3. The van der Waals surface area contributed by atoms with E-state index in [2.05, 4.69) is 34.6 Å². The summed E-state index contributed by atoms with van der Waals surface area (Å²) in [6.45, 7) is 12.5. The largest absolute Gasteiger partial charge is 0.0654 e. The summed E-state index contributed by atoms with van der Waals surface area (Å²) in [4.78, 5) is 0. The van der Waals surface area contributed by atoms with Gasteiger partial charge < -0.3 is 0 Å². The molecule has 3 aliphatic rings. The third-order valence-corrected chi connectivity index (χ3v) is 9.91. The number of rotatable bonds is 9. The fourth-order valence-corrected chi connectivity index (χ4v) is 8.41. The van der Waals surface area contributed by atoms with Gasteiger partial charge in [-0.1, -0.05) is 92.4 Å². The van der Waals surface area contributed by atoms with Crippen LogP contribution >= 0.6 is 0 Å². The number of hydrogen-bond donors (Lipinski definition) is 0. The van der Waals surface area contributed by atoms with Crippen molar-refractivity contribution in [3.8, 4) is 0 Å². The van der Waals surface area contributed by atoms with Crippen molar-refractivity contribution in [2.75, 3.05) is 0 Å². The molecular weight excluding hydrogens is 336 g/mol. The first-order valence-corrected chi connectivity index (χ1v) is 13.6. The van der Waals surface area contributed by atoms with E-state index in [-0.39, 0.29) is 0 Å². The second-order valence-corrected chi connectivity index (χ2v) is 11.5. The van der Waals surface area contributed by atoms with E-state index in [0.717, 1.165) is 53.3 Å². The van der Waals surface area contributed by atoms with Gasteiger partial charge in [-0.15, -0.1) is 0 Å². The third-order valence-electron chi connectivity index (χ3n) is 9.91. The first-order valence-electron chi connectivity index (χ1n) is 13.6. The fourth-order valence-electron chi connectivity index (χ4n) is 8.41. The van der Waals surface area contributed by atoms with Gasteiger partial charge in [-0.05, 0) is 85.4 Å². The molecule has 0 aliphatic heterocycles.